The standard InChI is InChI=1S/C19H18ClNO4/c20-14-8-4-7-13(11-14)17(12-5-2-1-3-6-12)21-18(22)15-9-10-16(25-15)19(23)24/h1-8,11,15-17H,9-10H2,(H,21,22)(H,23,24)/t15-,16+,17?/m0/s1. The van der Waals surface area contributed by atoms with Crippen LogP contribution in [0.3, 0.4) is 0 Å². The van der Waals surface area contributed by atoms with Gasteiger partial charge in [0.1, 0.15) is 6.10 Å². The van der Waals surface area contributed by atoms with Gasteiger partial charge in [-0.05, 0) is 36.1 Å². The molecule has 0 radical (unpaired) electrons. The number of hydrogen-bond acceptors (Lipinski definition) is 3. The van der Waals surface area contributed by atoms with Gasteiger partial charge in [0.25, 0.3) is 0 Å². The van der Waals surface area contributed by atoms with E-state index in [1.165, 1.54) is 0 Å². The van der Waals surface area contributed by atoms with Gasteiger partial charge in [-0.15, -0.1) is 0 Å². The maximum absolute atomic E-state index is 12.6. The summed E-state index contributed by atoms with van der Waals surface area (Å²) in [5.41, 5.74) is 1.76. The van der Waals surface area contributed by atoms with Gasteiger partial charge in [0, 0.05) is 5.02 Å². The fourth-order valence-corrected chi connectivity index (χ4v) is 3.14. The Morgan fingerprint density at radius 1 is 1.04 bits per heavy atom. The fourth-order valence-electron chi connectivity index (χ4n) is 2.94. The van der Waals surface area contributed by atoms with Gasteiger partial charge in [0.2, 0.25) is 5.91 Å². The Kier molecular flexibility index (Phi) is 5.36. The van der Waals surface area contributed by atoms with Crippen LogP contribution < -0.4 is 5.32 Å². The third-order valence-electron chi connectivity index (χ3n) is 4.19. The van der Waals surface area contributed by atoms with E-state index in [-0.39, 0.29) is 11.9 Å². The van der Waals surface area contributed by atoms with Gasteiger partial charge in [-0.25, -0.2) is 4.79 Å². The second kappa shape index (κ2) is 7.68. The molecule has 6 heteroatoms. The van der Waals surface area contributed by atoms with Gasteiger partial charge in [-0.2, -0.15) is 0 Å². The highest BCUT2D eigenvalue weighted by molar-refractivity contribution is 6.30. The number of halogens is 1. The molecule has 2 aromatic rings. The number of amides is 1. The Morgan fingerprint density at radius 2 is 1.72 bits per heavy atom. The van der Waals surface area contributed by atoms with Crippen LogP contribution in [0.4, 0.5) is 0 Å². The lowest BCUT2D eigenvalue weighted by molar-refractivity contribution is -0.151. The van der Waals surface area contributed by atoms with Crippen molar-refractivity contribution in [3.63, 3.8) is 0 Å². The molecule has 25 heavy (non-hydrogen) atoms. The van der Waals surface area contributed by atoms with Crippen LogP contribution in [0, 0.1) is 0 Å². The highest BCUT2D eigenvalue weighted by Crippen LogP contribution is 2.26. The molecule has 1 unspecified atom stereocenters. The molecule has 0 bridgehead atoms. The molecule has 1 amide bonds. The van der Waals surface area contributed by atoms with Crippen molar-refractivity contribution in [3.8, 4) is 0 Å². The van der Waals surface area contributed by atoms with Gasteiger partial charge < -0.3 is 15.2 Å². The predicted molar refractivity (Wildman–Crippen MR) is 93.4 cm³/mol. The van der Waals surface area contributed by atoms with E-state index >= 15 is 0 Å². The molecule has 1 aliphatic heterocycles. The van der Waals surface area contributed by atoms with E-state index in [4.69, 9.17) is 21.4 Å². The number of benzene rings is 2. The third-order valence-corrected chi connectivity index (χ3v) is 4.42. The van der Waals surface area contributed by atoms with Crippen LogP contribution in [-0.2, 0) is 14.3 Å². The average Bonchev–Trinajstić information content (AvgIpc) is 3.11. The first kappa shape index (κ1) is 17.5. The molecule has 5 nitrogen and oxygen atoms in total. The summed E-state index contributed by atoms with van der Waals surface area (Å²) in [5.74, 6) is -1.36. The van der Waals surface area contributed by atoms with Crippen LogP contribution >= 0.6 is 11.6 Å². The van der Waals surface area contributed by atoms with Crippen LogP contribution in [-0.4, -0.2) is 29.2 Å². The molecular formula is C19H18ClNO4. The Labute approximate surface area is 150 Å². The van der Waals surface area contributed by atoms with E-state index in [1.807, 2.05) is 42.5 Å². The van der Waals surface area contributed by atoms with Gasteiger partial charge in [0.15, 0.2) is 6.10 Å². The third kappa shape index (κ3) is 4.18. The maximum Gasteiger partial charge on any atom is 0.332 e. The van der Waals surface area contributed by atoms with Crippen LogP contribution in [0.2, 0.25) is 5.02 Å². The van der Waals surface area contributed by atoms with Crippen LogP contribution in [0.25, 0.3) is 0 Å². The van der Waals surface area contributed by atoms with E-state index in [0.717, 1.165) is 11.1 Å². The Morgan fingerprint density at radius 3 is 2.36 bits per heavy atom. The summed E-state index contributed by atoms with van der Waals surface area (Å²) in [6, 6.07) is 16.4. The lowest BCUT2D eigenvalue weighted by atomic mass is 9.98. The summed E-state index contributed by atoms with van der Waals surface area (Å²) in [5, 5.41) is 12.6. The second-order valence-corrected chi connectivity index (χ2v) is 6.37. The highest BCUT2D eigenvalue weighted by Gasteiger charge is 2.35. The quantitative estimate of drug-likeness (QED) is 0.859. The zero-order valence-corrected chi connectivity index (χ0v) is 14.1. The van der Waals surface area contributed by atoms with Crippen LogP contribution in [0.1, 0.15) is 30.0 Å². The first-order valence-corrected chi connectivity index (χ1v) is 8.41. The Balaban J connectivity index is 1.81. The van der Waals surface area contributed by atoms with Gasteiger partial charge in [-0.3, -0.25) is 4.79 Å². The highest BCUT2D eigenvalue weighted by atomic mass is 35.5. The Hall–Kier alpha value is -2.37. The minimum absolute atomic E-state index is 0.322. The predicted octanol–water partition coefficient (Wildman–Crippen LogP) is 3.18. The van der Waals surface area contributed by atoms with Crippen LogP contribution in [0.15, 0.2) is 54.6 Å². The molecule has 0 aliphatic carbocycles. The van der Waals surface area contributed by atoms with Crippen molar-refractivity contribution in [3.05, 3.63) is 70.7 Å². The molecular weight excluding hydrogens is 342 g/mol. The first-order chi connectivity index (χ1) is 12.0. The average molecular weight is 360 g/mol. The summed E-state index contributed by atoms with van der Waals surface area (Å²) >= 11 is 6.09. The minimum Gasteiger partial charge on any atom is -0.479 e. The number of carboxylic acid groups (broad SMARTS) is 1. The normalized spacial score (nSPS) is 20.8. The van der Waals surface area contributed by atoms with Crippen molar-refractivity contribution in [1.29, 1.82) is 0 Å². The van der Waals surface area contributed by atoms with Gasteiger partial charge >= 0.3 is 5.97 Å². The number of nitrogens with one attached hydrogen (secondary N) is 1. The van der Waals surface area contributed by atoms with Crippen molar-refractivity contribution < 1.29 is 19.4 Å². The summed E-state index contributed by atoms with van der Waals surface area (Å²) in [6.07, 6.45) is -0.955. The van der Waals surface area contributed by atoms with Crippen molar-refractivity contribution in [2.24, 2.45) is 0 Å². The van der Waals surface area contributed by atoms with E-state index in [2.05, 4.69) is 5.32 Å². The SMILES string of the molecule is O=C(NC(c1ccccc1)c1cccc(Cl)c1)[C@@H]1CC[C@H](C(=O)O)O1. The van der Waals surface area contributed by atoms with Crippen molar-refractivity contribution >= 4 is 23.5 Å². The molecule has 1 saturated heterocycles. The number of carboxylic acids is 1. The summed E-state index contributed by atoms with van der Waals surface area (Å²) < 4.78 is 5.34. The molecule has 3 rings (SSSR count). The summed E-state index contributed by atoms with van der Waals surface area (Å²) in [6.45, 7) is 0. The summed E-state index contributed by atoms with van der Waals surface area (Å²) in [7, 11) is 0. The molecule has 0 saturated carbocycles. The molecule has 1 heterocycles. The lowest BCUT2D eigenvalue weighted by Crippen LogP contribution is -2.38. The van der Waals surface area contributed by atoms with Crippen LogP contribution in [0.5, 0.6) is 0 Å². The number of ether oxygens (including phenoxy) is 1. The fraction of sp³-hybridized carbons (Fsp3) is 0.263. The molecule has 1 fully saturated rings. The molecule has 2 N–H and O–H groups in total. The van der Waals surface area contributed by atoms with Crippen molar-refractivity contribution in [2.45, 2.75) is 31.1 Å². The lowest BCUT2D eigenvalue weighted by Gasteiger charge is -2.22. The number of aliphatic carboxylic acids is 1. The Bertz CT molecular complexity index is 765. The zero-order chi connectivity index (χ0) is 17.8. The number of carbonyl (C=O) groups is 2. The van der Waals surface area contributed by atoms with Gasteiger partial charge in [-0.1, -0.05) is 54.1 Å². The largest absolute Gasteiger partial charge is 0.479 e. The molecule has 0 spiro atoms. The minimum atomic E-state index is -1.04. The van der Waals surface area contributed by atoms with E-state index in [1.54, 1.807) is 12.1 Å². The molecule has 3 atom stereocenters. The smallest absolute Gasteiger partial charge is 0.332 e. The van der Waals surface area contributed by atoms with Gasteiger partial charge in [0.05, 0.1) is 6.04 Å². The van der Waals surface area contributed by atoms with Crippen molar-refractivity contribution in [1.82, 2.24) is 5.32 Å². The molecule has 0 aromatic heterocycles. The number of carbonyl (C=O) groups excluding carboxylic acids is 1. The number of hydrogen-bond donors (Lipinski definition) is 2. The monoisotopic (exact) mass is 359 g/mol. The maximum atomic E-state index is 12.6. The van der Waals surface area contributed by atoms with E-state index < -0.39 is 18.2 Å². The molecule has 130 valence electrons. The first-order valence-electron chi connectivity index (χ1n) is 8.03. The zero-order valence-electron chi connectivity index (χ0n) is 13.4. The molecule has 2 aromatic carbocycles. The topological polar surface area (TPSA) is 75.6 Å². The van der Waals surface area contributed by atoms with E-state index in [9.17, 15) is 9.59 Å². The van der Waals surface area contributed by atoms with E-state index in [0.29, 0.717) is 17.9 Å². The molecule has 1 aliphatic rings. The second-order valence-electron chi connectivity index (χ2n) is 5.94. The van der Waals surface area contributed by atoms with Crippen molar-refractivity contribution in [2.75, 3.05) is 0 Å². The number of rotatable bonds is 5. The summed E-state index contributed by atoms with van der Waals surface area (Å²) in [4.78, 5) is 23.6.